The van der Waals surface area contributed by atoms with Gasteiger partial charge in [-0.05, 0) is 48.6 Å². The second-order valence-corrected chi connectivity index (χ2v) is 9.73. The molecule has 5 rings (SSSR count). The number of ether oxygens (including phenoxy) is 2. The molecule has 2 aromatic rings. The molecule has 176 valence electrons. The maximum atomic E-state index is 14.3. The highest BCUT2D eigenvalue weighted by molar-refractivity contribution is 6.14. The highest BCUT2D eigenvalue weighted by Crippen LogP contribution is 2.48. The van der Waals surface area contributed by atoms with Crippen molar-refractivity contribution in [2.24, 2.45) is 16.3 Å². The smallest absolute Gasteiger partial charge is 0.254 e. The number of fused-ring (bicyclic) bond motifs is 2. The maximum Gasteiger partial charge on any atom is 0.254 e. The normalized spacial score (nSPS) is 22.9. The zero-order valence-corrected chi connectivity index (χ0v) is 19.1. The van der Waals surface area contributed by atoms with E-state index >= 15 is 0 Å². The summed E-state index contributed by atoms with van der Waals surface area (Å²) in [7, 11) is 0. The third kappa shape index (κ3) is 3.87. The lowest BCUT2D eigenvalue weighted by atomic mass is 9.63. The van der Waals surface area contributed by atoms with Gasteiger partial charge in [-0.3, -0.25) is 14.6 Å². The second-order valence-electron chi connectivity index (χ2n) is 9.73. The monoisotopic (exact) mass is 466 g/mol. The highest BCUT2D eigenvalue weighted by atomic mass is 19.1. The Hall–Kier alpha value is -3.55. The van der Waals surface area contributed by atoms with Crippen LogP contribution >= 0.6 is 0 Å². The molecule has 2 aliphatic heterocycles. The molecule has 0 saturated heterocycles. The van der Waals surface area contributed by atoms with Crippen molar-refractivity contribution in [1.82, 2.24) is 0 Å². The van der Waals surface area contributed by atoms with Gasteiger partial charge in [0.05, 0.1) is 11.6 Å². The molecule has 1 aliphatic carbocycles. The van der Waals surface area contributed by atoms with Crippen LogP contribution in [0.25, 0.3) is 0 Å². The van der Waals surface area contributed by atoms with E-state index in [9.17, 15) is 18.4 Å². The van der Waals surface area contributed by atoms with Crippen LogP contribution in [0.15, 0.2) is 52.7 Å². The van der Waals surface area contributed by atoms with Gasteiger partial charge in [-0.25, -0.2) is 8.78 Å². The fourth-order valence-electron chi connectivity index (χ4n) is 5.14. The molecule has 1 amide bonds. The van der Waals surface area contributed by atoms with Crippen molar-refractivity contribution in [1.29, 1.82) is 0 Å². The number of nitrogens with zero attached hydrogens (tertiary/aromatic N) is 1. The van der Waals surface area contributed by atoms with Gasteiger partial charge in [0.2, 0.25) is 6.79 Å². The van der Waals surface area contributed by atoms with Crippen LogP contribution in [0.3, 0.4) is 0 Å². The average molecular weight is 466 g/mol. The number of hydrogen-bond donors (Lipinski definition) is 1. The number of allylic oxidation sites excluding steroid dienone is 1. The first-order chi connectivity index (χ1) is 16.1. The van der Waals surface area contributed by atoms with Crippen molar-refractivity contribution >= 4 is 23.1 Å². The highest BCUT2D eigenvalue weighted by Gasteiger charge is 2.47. The molecule has 0 spiro atoms. The van der Waals surface area contributed by atoms with Gasteiger partial charge in [0, 0.05) is 35.4 Å². The average Bonchev–Trinajstić information content (AvgIpc) is 3.21. The molecular formula is C26H24F2N2O4. The molecule has 0 unspecified atom stereocenters. The Bertz CT molecular complexity index is 1280. The Morgan fingerprint density at radius 2 is 1.82 bits per heavy atom. The summed E-state index contributed by atoms with van der Waals surface area (Å²) in [5.74, 6) is -2.34. The lowest BCUT2D eigenvalue weighted by Gasteiger charge is -2.41. The third-order valence-corrected chi connectivity index (χ3v) is 6.54. The number of nitrogens with one attached hydrogen (secondary N) is 1. The first-order valence-corrected chi connectivity index (χ1v) is 11.1. The number of hydrogen-bond acceptors (Lipinski definition) is 5. The molecule has 1 fully saturated rings. The van der Waals surface area contributed by atoms with E-state index in [2.05, 4.69) is 10.3 Å². The predicted molar refractivity (Wildman–Crippen MR) is 122 cm³/mol. The standard InChI is InChI=1S/C26H24F2N2O4/c1-13-22(25(32)30-17-6-5-15(27)9-16(17)28)23(14-4-7-20-21(8-14)34-12-33-20)24-18(29-13)10-26(2,3)11-19(24)31/h4-9,23-24H,10-12H2,1-3H3,(H,30,32)/t23-,24+/m0/s1. The van der Waals surface area contributed by atoms with E-state index in [1.54, 1.807) is 19.1 Å². The summed E-state index contributed by atoms with van der Waals surface area (Å²) in [6.07, 6.45) is 0.988. The quantitative estimate of drug-likeness (QED) is 0.679. The summed E-state index contributed by atoms with van der Waals surface area (Å²) in [6, 6.07) is 8.29. The van der Waals surface area contributed by atoms with E-state index in [-0.39, 0.29) is 29.3 Å². The fourth-order valence-corrected chi connectivity index (χ4v) is 5.14. The third-order valence-electron chi connectivity index (χ3n) is 6.54. The summed E-state index contributed by atoms with van der Waals surface area (Å²) < 4.78 is 38.6. The number of rotatable bonds is 3. The second kappa shape index (κ2) is 8.04. The molecule has 8 heteroatoms. The molecule has 1 N–H and O–H groups in total. The summed E-state index contributed by atoms with van der Waals surface area (Å²) >= 11 is 0. The zero-order chi connectivity index (χ0) is 24.2. The molecule has 6 nitrogen and oxygen atoms in total. The molecule has 2 heterocycles. The number of carbonyl (C=O) groups is 2. The van der Waals surface area contributed by atoms with Crippen LogP contribution in [0.4, 0.5) is 14.5 Å². The molecule has 3 aliphatic rings. The van der Waals surface area contributed by atoms with Gasteiger partial charge < -0.3 is 14.8 Å². The molecule has 0 bridgehead atoms. The van der Waals surface area contributed by atoms with Crippen LogP contribution in [0.5, 0.6) is 11.5 Å². The maximum absolute atomic E-state index is 14.3. The first kappa shape index (κ1) is 22.3. The van der Waals surface area contributed by atoms with Crippen molar-refractivity contribution in [3.8, 4) is 11.5 Å². The molecule has 0 aromatic heterocycles. The molecule has 2 aromatic carbocycles. The molecular weight excluding hydrogens is 442 g/mol. The Balaban J connectivity index is 1.61. The lowest BCUT2D eigenvalue weighted by molar-refractivity contribution is -0.124. The van der Waals surface area contributed by atoms with E-state index < -0.39 is 29.4 Å². The minimum absolute atomic E-state index is 0.00318. The Kier molecular flexibility index (Phi) is 5.26. The summed E-state index contributed by atoms with van der Waals surface area (Å²) in [4.78, 5) is 31.6. The van der Waals surface area contributed by atoms with E-state index in [0.717, 1.165) is 11.8 Å². The number of carbonyl (C=O) groups excluding carboxylic acids is 2. The first-order valence-electron chi connectivity index (χ1n) is 11.1. The van der Waals surface area contributed by atoms with E-state index in [0.29, 0.717) is 41.7 Å². The SMILES string of the molecule is CC1=C(C(=O)Nc2ccc(F)cc2F)[C@H](c2ccc3c(c2)OCO3)[C@H]2C(=O)CC(C)(C)CC2=N1. The number of benzene rings is 2. The molecule has 34 heavy (non-hydrogen) atoms. The lowest BCUT2D eigenvalue weighted by Crippen LogP contribution is -2.44. The number of aliphatic imine (C=N–C) groups is 1. The topological polar surface area (TPSA) is 77.0 Å². The summed E-state index contributed by atoms with van der Waals surface area (Å²) in [5, 5.41) is 2.54. The fraction of sp³-hybridized carbons (Fsp3) is 0.346. The van der Waals surface area contributed by atoms with Gasteiger partial charge in [0.25, 0.3) is 5.91 Å². The number of halogens is 2. The van der Waals surface area contributed by atoms with Gasteiger partial charge >= 0.3 is 0 Å². The van der Waals surface area contributed by atoms with Gasteiger partial charge in [-0.15, -0.1) is 0 Å². The van der Waals surface area contributed by atoms with Crippen LogP contribution in [-0.2, 0) is 9.59 Å². The molecule has 0 radical (unpaired) electrons. The van der Waals surface area contributed by atoms with Gasteiger partial charge in [-0.2, -0.15) is 0 Å². The number of amides is 1. The minimum Gasteiger partial charge on any atom is -0.454 e. The van der Waals surface area contributed by atoms with Crippen molar-refractivity contribution < 1.29 is 27.8 Å². The van der Waals surface area contributed by atoms with Crippen molar-refractivity contribution in [2.45, 2.75) is 39.5 Å². The van der Waals surface area contributed by atoms with Crippen molar-refractivity contribution in [2.75, 3.05) is 12.1 Å². The summed E-state index contributed by atoms with van der Waals surface area (Å²) in [5.41, 5.74) is 1.79. The Labute approximate surface area is 195 Å². The largest absolute Gasteiger partial charge is 0.454 e. The number of ketones is 1. The van der Waals surface area contributed by atoms with Crippen LogP contribution in [0.1, 0.15) is 45.1 Å². The van der Waals surface area contributed by atoms with Crippen LogP contribution in [0, 0.1) is 23.0 Å². The minimum atomic E-state index is -0.887. The van der Waals surface area contributed by atoms with Crippen molar-refractivity contribution in [3.63, 3.8) is 0 Å². The van der Waals surface area contributed by atoms with Crippen LogP contribution < -0.4 is 14.8 Å². The molecule has 2 atom stereocenters. The van der Waals surface area contributed by atoms with Gasteiger partial charge in [0.15, 0.2) is 11.5 Å². The van der Waals surface area contributed by atoms with Gasteiger partial charge in [-0.1, -0.05) is 19.9 Å². The van der Waals surface area contributed by atoms with Crippen LogP contribution in [0.2, 0.25) is 0 Å². The number of anilines is 1. The zero-order valence-electron chi connectivity index (χ0n) is 19.1. The van der Waals surface area contributed by atoms with E-state index in [4.69, 9.17) is 9.47 Å². The van der Waals surface area contributed by atoms with Crippen molar-refractivity contribution in [3.05, 3.63) is 64.9 Å². The number of Topliss-reactive ketones (excluding diaryl/α,β-unsaturated/α-hetero) is 1. The Morgan fingerprint density at radius 3 is 2.59 bits per heavy atom. The summed E-state index contributed by atoms with van der Waals surface area (Å²) in [6.45, 7) is 5.86. The van der Waals surface area contributed by atoms with E-state index in [1.165, 1.54) is 6.07 Å². The molecule has 1 saturated carbocycles. The van der Waals surface area contributed by atoms with Gasteiger partial charge in [0.1, 0.15) is 17.4 Å². The predicted octanol–water partition coefficient (Wildman–Crippen LogP) is 5.15. The Morgan fingerprint density at radius 1 is 1.06 bits per heavy atom. The van der Waals surface area contributed by atoms with E-state index in [1.807, 2.05) is 19.9 Å². The van der Waals surface area contributed by atoms with Crippen LogP contribution in [-0.4, -0.2) is 24.2 Å².